The highest BCUT2D eigenvalue weighted by Gasteiger charge is 2.56. The minimum atomic E-state index is -0.658. The van der Waals surface area contributed by atoms with Crippen molar-refractivity contribution in [3.63, 3.8) is 0 Å². The van der Waals surface area contributed by atoms with E-state index in [1.807, 2.05) is 15.5 Å². The van der Waals surface area contributed by atoms with Crippen molar-refractivity contribution < 1.29 is 18.7 Å². The summed E-state index contributed by atoms with van der Waals surface area (Å²) in [5.41, 5.74) is 4.74. The summed E-state index contributed by atoms with van der Waals surface area (Å²) in [6, 6.07) is 10.7. The van der Waals surface area contributed by atoms with Gasteiger partial charge in [0.1, 0.15) is 5.52 Å². The molecule has 0 unspecified atom stereocenters. The normalized spacial score (nSPS) is 25.5. The van der Waals surface area contributed by atoms with Gasteiger partial charge in [-0.15, -0.1) is 0 Å². The van der Waals surface area contributed by atoms with Crippen LogP contribution >= 0.6 is 0 Å². The quantitative estimate of drug-likeness (QED) is 0.217. The standard InChI is InChI=1S/C41H49FN8O3/c1-25(2)49-24-44-35-22-34(46-38(37(35)49)45-33-9-12-43-23-32(33)42)26-7-8-31-36(19-26)50(29-20-28(21-29)47-13-5-4-6-14-47)40(52)41(31)10-15-48(16-11-41)39(51)27-17-30(18-27)53-3/h7-9,12,19,22-25,27-30H,4-6,10-11,13-18,20-21H2,1-3H3,(H,43,45,46)/t27-,28-,29+,30+. The van der Waals surface area contributed by atoms with Crippen LogP contribution in [0.1, 0.15) is 83.2 Å². The highest BCUT2D eigenvalue weighted by molar-refractivity contribution is 6.09. The number of aromatic nitrogens is 4. The van der Waals surface area contributed by atoms with Gasteiger partial charge >= 0.3 is 0 Å². The molecule has 6 heterocycles. The average molecular weight is 721 g/mol. The molecule has 2 aliphatic carbocycles. The van der Waals surface area contributed by atoms with E-state index in [-0.39, 0.29) is 41.6 Å². The molecule has 53 heavy (non-hydrogen) atoms. The topological polar surface area (TPSA) is 109 Å². The second-order valence-corrected chi connectivity index (χ2v) is 16.2. The molecule has 2 amide bonds. The van der Waals surface area contributed by atoms with Crippen LogP contribution in [-0.4, -0.2) is 92.6 Å². The van der Waals surface area contributed by atoms with Gasteiger partial charge in [-0.3, -0.25) is 14.6 Å². The van der Waals surface area contributed by atoms with Crippen LogP contribution in [-0.2, 0) is 19.7 Å². The zero-order valence-corrected chi connectivity index (χ0v) is 30.9. The monoisotopic (exact) mass is 720 g/mol. The maximum atomic E-state index is 14.9. The van der Waals surface area contributed by atoms with Crippen molar-refractivity contribution in [3.8, 4) is 11.3 Å². The number of ether oxygens (including phenoxy) is 1. The number of nitrogens with one attached hydrogen (secondary N) is 1. The lowest BCUT2D eigenvalue weighted by Gasteiger charge is -2.48. The van der Waals surface area contributed by atoms with Crippen molar-refractivity contribution in [2.75, 3.05) is 43.5 Å². The lowest BCUT2D eigenvalue weighted by molar-refractivity contribution is -0.146. The Morgan fingerprint density at radius 3 is 2.49 bits per heavy atom. The maximum Gasteiger partial charge on any atom is 0.238 e. The van der Waals surface area contributed by atoms with Crippen molar-refractivity contribution in [2.24, 2.45) is 5.92 Å². The summed E-state index contributed by atoms with van der Waals surface area (Å²) in [4.78, 5) is 48.8. The van der Waals surface area contributed by atoms with Crippen LogP contribution in [0, 0.1) is 11.7 Å². The summed E-state index contributed by atoms with van der Waals surface area (Å²) >= 11 is 0. The number of halogens is 1. The van der Waals surface area contributed by atoms with Crippen LogP contribution in [0.5, 0.6) is 0 Å². The molecule has 0 atom stereocenters. The molecule has 3 aromatic heterocycles. The summed E-state index contributed by atoms with van der Waals surface area (Å²) in [6.45, 7) is 7.60. The molecule has 4 aromatic rings. The van der Waals surface area contributed by atoms with Gasteiger partial charge in [-0.1, -0.05) is 18.6 Å². The molecule has 2 saturated heterocycles. The molecule has 1 aromatic carbocycles. The van der Waals surface area contributed by atoms with Gasteiger partial charge in [-0.2, -0.15) is 0 Å². The van der Waals surface area contributed by atoms with E-state index in [0.717, 1.165) is 66.6 Å². The van der Waals surface area contributed by atoms with E-state index in [9.17, 15) is 14.0 Å². The Morgan fingerprint density at radius 2 is 1.77 bits per heavy atom. The van der Waals surface area contributed by atoms with E-state index >= 15 is 0 Å². The smallest absolute Gasteiger partial charge is 0.238 e. The van der Waals surface area contributed by atoms with E-state index in [1.165, 1.54) is 25.5 Å². The van der Waals surface area contributed by atoms with Crippen molar-refractivity contribution >= 4 is 40.0 Å². The Labute approximate surface area is 309 Å². The molecule has 0 bridgehead atoms. The SMILES string of the molecule is CO[C@H]1C[C@@H](C(=O)N2CCC3(CC2)C(=O)N([C@H]2C[C@@H](N4CCCCC4)C2)c2cc(-c4cc5ncn(C(C)C)c5c(Nc5ccncc5F)n4)ccc23)C1. The fourth-order valence-electron chi connectivity index (χ4n) is 9.56. The van der Waals surface area contributed by atoms with Crippen molar-refractivity contribution in [1.29, 1.82) is 0 Å². The molecule has 9 rings (SSSR count). The van der Waals surface area contributed by atoms with Crippen LogP contribution in [0.2, 0.25) is 0 Å². The number of pyridine rings is 2. The van der Waals surface area contributed by atoms with Gasteiger partial charge in [0.25, 0.3) is 0 Å². The van der Waals surface area contributed by atoms with Gasteiger partial charge in [-0.05, 0) is 102 Å². The zero-order valence-electron chi connectivity index (χ0n) is 30.9. The first-order chi connectivity index (χ1) is 25.7. The number of benzene rings is 1. The highest BCUT2D eigenvalue weighted by Crippen LogP contribution is 2.52. The molecule has 3 aliphatic heterocycles. The number of rotatable bonds is 8. The molecular formula is C41H49FN8O3. The Bertz CT molecular complexity index is 2040. The summed E-state index contributed by atoms with van der Waals surface area (Å²) in [7, 11) is 1.71. The number of imidazole rings is 1. The molecule has 2 saturated carbocycles. The lowest BCUT2D eigenvalue weighted by Crippen LogP contribution is -2.58. The second-order valence-electron chi connectivity index (χ2n) is 16.2. The van der Waals surface area contributed by atoms with Crippen LogP contribution in [0.4, 0.5) is 21.6 Å². The number of hydrogen-bond donors (Lipinski definition) is 1. The Morgan fingerprint density at radius 1 is 1.00 bits per heavy atom. The largest absolute Gasteiger partial charge is 0.381 e. The average Bonchev–Trinajstić information content (AvgIpc) is 3.67. The molecule has 1 spiro atoms. The summed E-state index contributed by atoms with van der Waals surface area (Å²) < 4.78 is 22.3. The first kappa shape index (κ1) is 34.4. The van der Waals surface area contributed by atoms with Gasteiger partial charge in [0.05, 0.1) is 40.9 Å². The van der Waals surface area contributed by atoms with Gasteiger partial charge in [-0.25, -0.2) is 14.4 Å². The fraction of sp³-hybridized carbons (Fsp3) is 0.537. The van der Waals surface area contributed by atoms with Crippen molar-refractivity contribution in [1.82, 2.24) is 29.3 Å². The molecule has 4 fully saturated rings. The van der Waals surface area contributed by atoms with Gasteiger partial charge in [0.15, 0.2) is 11.6 Å². The Kier molecular flexibility index (Phi) is 8.72. The van der Waals surface area contributed by atoms with Crippen LogP contribution in [0.25, 0.3) is 22.3 Å². The second kappa shape index (κ2) is 13.5. The van der Waals surface area contributed by atoms with Gasteiger partial charge < -0.3 is 29.3 Å². The Balaban J connectivity index is 1.07. The van der Waals surface area contributed by atoms with Crippen LogP contribution < -0.4 is 10.2 Å². The number of likely N-dealkylation sites (tertiary alicyclic amines) is 2. The number of nitrogens with zero attached hydrogens (tertiary/aromatic N) is 7. The molecular weight excluding hydrogens is 672 g/mol. The molecule has 5 aliphatic rings. The predicted molar refractivity (Wildman–Crippen MR) is 202 cm³/mol. The van der Waals surface area contributed by atoms with Crippen molar-refractivity contribution in [3.05, 3.63) is 60.4 Å². The van der Waals surface area contributed by atoms with E-state index in [0.29, 0.717) is 43.5 Å². The lowest BCUT2D eigenvalue weighted by atomic mass is 9.72. The number of hydrogen-bond acceptors (Lipinski definition) is 8. The number of methoxy groups -OCH3 is 1. The molecule has 11 nitrogen and oxygen atoms in total. The number of amides is 2. The van der Waals surface area contributed by atoms with Gasteiger partial charge in [0, 0.05) is 61.7 Å². The fourth-order valence-corrected chi connectivity index (χ4v) is 9.56. The summed E-state index contributed by atoms with van der Waals surface area (Å²) in [5.74, 6) is 0.432. The maximum absolute atomic E-state index is 14.9. The third-order valence-corrected chi connectivity index (χ3v) is 12.9. The number of anilines is 3. The van der Waals surface area contributed by atoms with Gasteiger partial charge in [0.2, 0.25) is 11.8 Å². The highest BCUT2D eigenvalue weighted by atomic mass is 19.1. The summed E-state index contributed by atoms with van der Waals surface area (Å²) in [5, 5.41) is 3.23. The van der Waals surface area contributed by atoms with E-state index < -0.39 is 11.2 Å². The minimum absolute atomic E-state index is 0.0209. The predicted octanol–water partition coefficient (Wildman–Crippen LogP) is 6.61. The number of piperidine rings is 2. The number of carbonyl (C=O) groups is 2. The van der Waals surface area contributed by atoms with E-state index in [4.69, 9.17) is 14.7 Å². The number of carbonyl (C=O) groups excluding carboxylic acids is 2. The van der Waals surface area contributed by atoms with Crippen LogP contribution in [0.3, 0.4) is 0 Å². The first-order valence-corrected chi connectivity index (χ1v) is 19.5. The molecule has 0 radical (unpaired) electrons. The van der Waals surface area contributed by atoms with E-state index in [1.54, 1.807) is 25.7 Å². The number of fused-ring (bicyclic) bond motifs is 3. The van der Waals surface area contributed by atoms with Crippen molar-refractivity contribution in [2.45, 2.75) is 101 Å². The molecule has 12 heteroatoms. The van der Waals surface area contributed by atoms with E-state index in [2.05, 4.69) is 52.1 Å². The first-order valence-electron chi connectivity index (χ1n) is 19.5. The van der Waals surface area contributed by atoms with Crippen LogP contribution in [0.15, 0.2) is 49.1 Å². The third kappa shape index (κ3) is 5.80. The molecule has 1 N–H and O–H groups in total. The summed E-state index contributed by atoms with van der Waals surface area (Å²) in [6.07, 6.45) is 13.2. The third-order valence-electron chi connectivity index (χ3n) is 12.9. The molecule has 278 valence electrons. The minimum Gasteiger partial charge on any atom is -0.381 e. The zero-order chi connectivity index (χ0) is 36.4. The Hall–Kier alpha value is -4.42.